The summed E-state index contributed by atoms with van der Waals surface area (Å²) in [6.45, 7) is 3.27. The molecule has 1 aromatic rings. The third-order valence-corrected chi connectivity index (χ3v) is 4.01. The second kappa shape index (κ2) is 5.66. The average Bonchev–Trinajstić information content (AvgIpc) is 2.85. The zero-order valence-electron chi connectivity index (χ0n) is 10.6. The molecule has 1 atom stereocenters. The summed E-state index contributed by atoms with van der Waals surface area (Å²) < 4.78 is 5.34. The van der Waals surface area contributed by atoms with Crippen LogP contribution in [0.1, 0.15) is 35.3 Å². The second-order valence-electron chi connectivity index (χ2n) is 4.83. The van der Waals surface area contributed by atoms with Crippen LogP contribution in [0.2, 0.25) is 0 Å². The van der Waals surface area contributed by atoms with Crippen LogP contribution in [0.15, 0.2) is 5.38 Å². The first kappa shape index (κ1) is 14.0. The molecule has 0 aliphatic carbocycles. The van der Waals surface area contributed by atoms with Crippen molar-refractivity contribution in [2.24, 2.45) is 5.41 Å². The molecule has 2 N–H and O–H groups in total. The Labute approximate surface area is 114 Å². The van der Waals surface area contributed by atoms with Crippen LogP contribution in [-0.2, 0) is 16.1 Å². The Morgan fingerprint density at radius 3 is 3.00 bits per heavy atom. The van der Waals surface area contributed by atoms with E-state index in [4.69, 9.17) is 9.84 Å². The average molecular weight is 284 g/mol. The zero-order chi connectivity index (χ0) is 13.9. The smallest absolute Gasteiger partial charge is 0.355 e. The minimum atomic E-state index is -1.05. The van der Waals surface area contributed by atoms with Gasteiger partial charge in [-0.15, -0.1) is 11.3 Å². The van der Waals surface area contributed by atoms with Gasteiger partial charge in [-0.1, -0.05) is 0 Å². The molecule has 2 rings (SSSR count). The zero-order valence-corrected chi connectivity index (χ0v) is 11.5. The van der Waals surface area contributed by atoms with Gasteiger partial charge in [-0.25, -0.2) is 9.78 Å². The molecule has 1 aliphatic rings. The van der Waals surface area contributed by atoms with Crippen LogP contribution in [0.3, 0.4) is 0 Å². The van der Waals surface area contributed by atoms with Crippen LogP contribution in [0, 0.1) is 5.41 Å². The molecular formula is C12H16N2O4S. The number of aromatic nitrogens is 1. The maximum atomic E-state index is 12.1. The van der Waals surface area contributed by atoms with Gasteiger partial charge in [0.15, 0.2) is 5.69 Å². The van der Waals surface area contributed by atoms with Crippen molar-refractivity contribution in [3.63, 3.8) is 0 Å². The third-order valence-electron chi connectivity index (χ3n) is 3.16. The highest BCUT2D eigenvalue weighted by Crippen LogP contribution is 2.28. The Balaban J connectivity index is 1.90. The van der Waals surface area contributed by atoms with E-state index < -0.39 is 11.4 Å². The Hall–Kier alpha value is -1.47. The van der Waals surface area contributed by atoms with Crippen LogP contribution in [0.25, 0.3) is 0 Å². The highest BCUT2D eigenvalue weighted by Gasteiger charge is 2.35. The molecule has 1 aliphatic heterocycles. The summed E-state index contributed by atoms with van der Waals surface area (Å²) >= 11 is 1.23. The topological polar surface area (TPSA) is 88.5 Å². The number of carbonyl (C=O) groups excluding carboxylic acids is 1. The van der Waals surface area contributed by atoms with Crippen LogP contribution >= 0.6 is 11.3 Å². The number of amides is 1. The summed E-state index contributed by atoms with van der Waals surface area (Å²) in [5.41, 5.74) is -0.480. The molecule has 19 heavy (non-hydrogen) atoms. The van der Waals surface area contributed by atoms with Crippen molar-refractivity contribution in [3.8, 4) is 0 Å². The molecule has 1 aromatic heterocycles. The SMILES string of the molecule is CC1(C(=O)NCc2nc(C(=O)O)cs2)CCCOC1. The maximum absolute atomic E-state index is 12.1. The molecule has 0 aromatic carbocycles. The van der Waals surface area contributed by atoms with E-state index in [9.17, 15) is 9.59 Å². The van der Waals surface area contributed by atoms with E-state index in [0.29, 0.717) is 18.2 Å². The number of nitrogens with one attached hydrogen (secondary N) is 1. The largest absolute Gasteiger partial charge is 0.476 e. The van der Waals surface area contributed by atoms with Crippen LogP contribution in [0.5, 0.6) is 0 Å². The fourth-order valence-corrected chi connectivity index (χ4v) is 2.68. The standard InChI is InChI=1S/C12H16N2O4S/c1-12(3-2-4-18-7-12)11(17)13-5-9-14-8(6-19-9)10(15)16/h6H,2-5,7H2,1H3,(H,13,17)(H,15,16). The number of hydrogen-bond acceptors (Lipinski definition) is 5. The van der Waals surface area contributed by atoms with Gasteiger partial charge in [0.05, 0.1) is 18.6 Å². The predicted octanol–water partition coefficient (Wildman–Crippen LogP) is 1.27. The number of carboxylic acids is 1. The van der Waals surface area contributed by atoms with Crippen molar-refractivity contribution in [2.75, 3.05) is 13.2 Å². The first-order valence-corrected chi connectivity index (χ1v) is 6.93. The Morgan fingerprint density at radius 1 is 1.63 bits per heavy atom. The molecule has 1 unspecified atom stereocenters. The van der Waals surface area contributed by atoms with Crippen molar-refractivity contribution in [2.45, 2.75) is 26.3 Å². The van der Waals surface area contributed by atoms with Gasteiger partial charge < -0.3 is 15.2 Å². The molecular weight excluding hydrogens is 268 g/mol. The van der Waals surface area contributed by atoms with Gasteiger partial charge in [-0.3, -0.25) is 4.79 Å². The van der Waals surface area contributed by atoms with Crippen LogP contribution < -0.4 is 5.32 Å². The molecule has 6 nitrogen and oxygen atoms in total. The van der Waals surface area contributed by atoms with Crippen LogP contribution in [0.4, 0.5) is 0 Å². The number of thiazole rings is 1. The summed E-state index contributed by atoms with van der Waals surface area (Å²) in [4.78, 5) is 26.7. The minimum Gasteiger partial charge on any atom is -0.476 e. The number of rotatable bonds is 4. The first-order chi connectivity index (χ1) is 9.01. The molecule has 0 bridgehead atoms. The summed E-state index contributed by atoms with van der Waals surface area (Å²) in [7, 11) is 0. The Bertz CT molecular complexity index is 480. The van der Waals surface area contributed by atoms with Crippen molar-refractivity contribution in [3.05, 3.63) is 16.1 Å². The lowest BCUT2D eigenvalue weighted by atomic mass is 9.84. The summed E-state index contributed by atoms with van der Waals surface area (Å²) in [5.74, 6) is -1.12. The molecule has 1 amide bonds. The van der Waals surface area contributed by atoms with E-state index in [1.54, 1.807) is 0 Å². The molecule has 2 heterocycles. The van der Waals surface area contributed by atoms with Crippen molar-refractivity contribution >= 4 is 23.2 Å². The number of carbonyl (C=O) groups is 2. The quantitative estimate of drug-likeness (QED) is 0.869. The van der Waals surface area contributed by atoms with Gasteiger partial charge in [0.25, 0.3) is 0 Å². The highest BCUT2D eigenvalue weighted by molar-refractivity contribution is 7.09. The fraction of sp³-hybridized carbons (Fsp3) is 0.583. The third kappa shape index (κ3) is 3.30. The van der Waals surface area contributed by atoms with Gasteiger partial charge >= 0.3 is 5.97 Å². The lowest BCUT2D eigenvalue weighted by molar-refractivity contribution is -0.137. The van der Waals surface area contributed by atoms with E-state index >= 15 is 0 Å². The minimum absolute atomic E-state index is 0.0152. The lowest BCUT2D eigenvalue weighted by Crippen LogP contribution is -2.44. The monoisotopic (exact) mass is 284 g/mol. The van der Waals surface area contributed by atoms with Gasteiger partial charge in [-0.05, 0) is 19.8 Å². The summed E-state index contributed by atoms with van der Waals surface area (Å²) in [6, 6.07) is 0. The number of carboxylic acid groups (broad SMARTS) is 1. The van der Waals surface area contributed by atoms with E-state index in [0.717, 1.165) is 12.8 Å². The molecule has 7 heteroatoms. The van der Waals surface area contributed by atoms with Crippen LogP contribution in [-0.4, -0.2) is 35.2 Å². The molecule has 0 spiro atoms. The van der Waals surface area contributed by atoms with Crippen molar-refractivity contribution in [1.82, 2.24) is 10.3 Å². The fourth-order valence-electron chi connectivity index (χ4n) is 1.97. The van der Waals surface area contributed by atoms with E-state index in [-0.39, 0.29) is 18.1 Å². The van der Waals surface area contributed by atoms with Gasteiger partial charge in [-0.2, -0.15) is 0 Å². The highest BCUT2D eigenvalue weighted by atomic mass is 32.1. The number of hydrogen-bond donors (Lipinski definition) is 2. The predicted molar refractivity (Wildman–Crippen MR) is 69.1 cm³/mol. The molecule has 1 fully saturated rings. The number of ether oxygens (including phenoxy) is 1. The maximum Gasteiger partial charge on any atom is 0.355 e. The lowest BCUT2D eigenvalue weighted by Gasteiger charge is -2.31. The normalized spacial score (nSPS) is 23.0. The van der Waals surface area contributed by atoms with E-state index in [1.807, 2.05) is 6.92 Å². The van der Waals surface area contributed by atoms with Crippen molar-refractivity contribution < 1.29 is 19.4 Å². The van der Waals surface area contributed by atoms with Gasteiger partial charge in [0.1, 0.15) is 5.01 Å². The number of nitrogens with zero attached hydrogens (tertiary/aromatic N) is 1. The van der Waals surface area contributed by atoms with E-state index in [1.165, 1.54) is 16.7 Å². The number of aromatic carboxylic acids is 1. The molecule has 0 radical (unpaired) electrons. The van der Waals surface area contributed by atoms with Gasteiger partial charge in [0, 0.05) is 12.0 Å². The molecule has 1 saturated heterocycles. The Kier molecular flexibility index (Phi) is 4.16. The molecule has 104 valence electrons. The second-order valence-corrected chi connectivity index (χ2v) is 5.77. The summed E-state index contributed by atoms with van der Waals surface area (Å²) in [5, 5.41) is 13.6. The van der Waals surface area contributed by atoms with Gasteiger partial charge in [0.2, 0.25) is 5.91 Å². The van der Waals surface area contributed by atoms with Crippen molar-refractivity contribution in [1.29, 1.82) is 0 Å². The first-order valence-electron chi connectivity index (χ1n) is 6.05. The molecule has 0 saturated carbocycles. The summed E-state index contributed by atoms with van der Waals surface area (Å²) in [6.07, 6.45) is 1.68. The Morgan fingerprint density at radius 2 is 2.42 bits per heavy atom. The van der Waals surface area contributed by atoms with E-state index in [2.05, 4.69) is 10.3 Å².